The molecule has 1 N–H and O–H groups in total. The van der Waals surface area contributed by atoms with Gasteiger partial charge in [0.05, 0.1) is 12.1 Å². The monoisotopic (exact) mass is 319 g/mol. The number of alkyl halides is 3. The quantitative estimate of drug-likeness (QED) is 0.678. The molecule has 1 aromatic heterocycles. The molecule has 22 heavy (non-hydrogen) atoms. The second-order valence-electron chi connectivity index (χ2n) is 4.34. The summed E-state index contributed by atoms with van der Waals surface area (Å²) < 4.78 is 61.7. The van der Waals surface area contributed by atoms with Gasteiger partial charge in [0.2, 0.25) is 5.82 Å². The Morgan fingerprint density at radius 2 is 1.86 bits per heavy atom. The number of ether oxygens (including phenoxy) is 2. The smallest absolute Gasteiger partial charge is 0.364 e. The van der Waals surface area contributed by atoms with Crippen molar-refractivity contribution >= 4 is 16.7 Å². The first-order chi connectivity index (χ1) is 10.3. The predicted molar refractivity (Wildman–Crippen MR) is 70.8 cm³/mol. The molecule has 0 saturated carbocycles. The van der Waals surface area contributed by atoms with Crippen LogP contribution in [-0.2, 0) is 15.7 Å². The number of fused-ring (bicyclic) bond motifs is 1. The summed E-state index contributed by atoms with van der Waals surface area (Å²) in [5, 5.41) is 2.80. The number of nitrogens with zero attached hydrogens (tertiary/aromatic N) is 2. The van der Waals surface area contributed by atoms with Crippen molar-refractivity contribution in [3.8, 4) is 0 Å². The van der Waals surface area contributed by atoms with E-state index in [-0.39, 0.29) is 23.3 Å². The highest BCUT2D eigenvalue weighted by atomic mass is 19.4. The fourth-order valence-electron chi connectivity index (χ4n) is 1.81. The maximum Gasteiger partial charge on any atom is 0.451 e. The molecular formula is C13H13F4N3O2. The van der Waals surface area contributed by atoms with Gasteiger partial charge in [0, 0.05) is 19.6 Å². The largest absolute Gasteiger partial charge is 0.451 e. The van der Waals surface area contributed by atoms with Crippen molar-refractivity contribution in [3.63, 3.8) is 0 Å². The number of hydrogen-bond donors (Lipinski definition) is 1. The zero-order valence-electron chi connectivity index (χ0n) is 11.7. The minimum Gasteiger partial charge on any atom is -0.364 e. The van der Waals surface area contributed by atoms with Crippen LogP contribution in [0.3, 0.4) is 0 Å². The maximum atomic E-state index is 13.3. The lowest BCUT2D eigenvalue weighted by Gasteiger charge is -2.16. The summed E-state index contributed by atoms with van der Waals surface area (Å²) in [5.41, 5.74) is -0.0161. The predicted octanol–water partition coefficient (Wildman–Crippen LogP) is 2.82. The summed E-state index contributed by atoms with van der Waals surface area (Å²) in [6.45, 7) is 0.0346. The molecule has 9 heteroatoms. The molecule has 1 heterocycles. The molecule has 0 aliphatic rings. The summed E-state index contributed by atoms with van der Waals surface area (Å²) in [6.07, 6.45) is -5.39. The van der Waals surface area contributed by atoms with E-state index in [0.29, 0.717) is 0 Å². The van der Waals surface area contributed by atoms with Crippen molar-refractivity contribution in [3.05, 3.63) is 29.8 Å². The highest BCUT2D eigenvalue weighted by Crippen LogP contribution is 2.30. The van der Waals surface area contributed by atoms with Crippen LogP contribution >= 0.6 is 0 Å². The van der Waals surface area contributed by atoms with E-state index in [2.05, 4.69) is 15.3 Å². The van der Waals surface area contributed by atoms with Crippen molar-refractivity contribution in [2.24, 2.45) is 0 Å². The van der Waals surface area contributed by atoms with Crippen LogP contribution in [-0.4, -0.2) is 37.0 Å². The van der Waals surface area contributed by atoms with Crippen LogP contribution in [0.2, 0.25) is 0 Å². The standard InChI is InChI=1S/C13H13F4N3O2/c1-21-10(22-2)6-18-11-8-5-7(14)3-4-9(8)19-12(20-11)13(15,16)17/h3-5,10H,6H2,1-2H3,(H,18,19,20). The topological polar surface area (TPSA) is 56.3 Å². The fraction of sp³-hybridized carbons (Fsp3) is 0.385. The third kappa shape index (κ3) is 3.60. The average Bonchev–Trinajstić information content (AvgIpc) is 2.47. The van der Waals surface area contributed by atoms with Crippen molar-refractivity contribution in [1.82, 2.24) is 9.97 Å². The number of halogens is 4. The number of aromatic nitrogens is 2. The van der Waals surface area contributed by atoms with Gasteiger partial charge in [0.25, 0.3) is 0 Å². The van der Waals surface area contributed by atoms with E-state index in [4.69, 9.17) is 9.47 Å². The van der Waals surface area contributed by atoms with Crippen LogP contribution in [0.1, 0.15) is 5.82 Å². The fourth-order valence-corrected chi connectivity index (χ4v) is 1.81. The van der Waals surface area contributed by atoms with Crippen molar-refractivity contribution in [2.45, 2.75) is 12.5 Å². The zero-order chi connectivity index (χ0) is 16.3. The van der Waals surface area contributed by atoms with E-state index in [1.54, 1.807) is 0 Å². The Labute approximate surface area is 123 Å². The van der Waals surface area contributed by atoms with Crippen LogP contribution in [0.25, 0.3) is 10.9 Å². The van der Waals surface area contributed by atoms with Crippen LogP contribution in [0.4, 0.5) is 23.4 Å². The van der Waals surface area contributed by atoms with Gasteiger partial charge >= 0.3 is 6.18 Å². The van der Waals surface area contributed by atoms with Crippen molar-refractivity contribution in [1.29, 1.82) is 0 Å². The molecule has 0 atom stereocenters. The Hall–Kier alpha value is -2.00. The minimum atomic E-state index is -4.71. The molecule has 0 spiro atoms. The second kappa shape index (κ2) is 6.41. The summed E-state index contributed by atoms with van der Waals surface area (Å²) in [5.74, 6) is -2.05. The SMILES string of the molecule is COC(CNc1nc(C(F)(F)F)nc2ccc(F)cc12)OC. The second-order valence-corrected chi connectivity index (χ2v) is 4.34. The molecule has 0 aliphatic carbocycles. The molecule has 0 unspecified atom stereocenters. The molecule has 120 valence electrons. The Morgan fingerprint density at radius 3 is 2.45 bits per heavy atom. The summed E-state index contributed by atoms with van der Waals surface area (Å²) in [7, 11) is 2.77. The van der Waals surface area contributed by atoms with Crippen molar-refractivity contribution in [2.75, 3.05) is 26.1 Å². The molecule has 2 aromatic rings. The van der Waals surface area contributed by atoms with Gasteiger partial charge in [-0.1, -0.05) is 0 Å². The Kier molecular flexibility index (Phi) is 4.77. The highest BCUT2D eigenvalue weighted by Gasteiger charge is 2.35. The molecule has 0 aliphatic heterocycles. The third-order valence-electron chi connectivity index (χ3n) is 2.87. The van der Waals surface area contributed by atoms with Gasteiger partial charge in [0.1, 0.15) is 11.6 Å². The zero-order valence-corrected chi connectivity index (χ0v) is 11.7. The van der Waals surface area contributed by atoms with Gasteiger partial charge in [-0.2, -0.15) is 13.2 Å². The molecule has 5 nitrogen and oxygen atoms in total. The average molecular weight is 319 g/mol. The molecule has 0 radical (unpaired) electrons. The lowest BCUT2D eigenvalue weighted by atomic mass is 10.2. The van der Waals surface area contributed by atoms with Gasteiger partial charge < -0.3 is 14.8 Å². The number of anilines is 1. The van der Waals surface area contributed by atoms with E-state index in [9.17, 15) is 17.6 Å². The lowest BCUT2D eigenvalue weighted by molar-refractivity contribution is -0.144. The number of nitrogens with one attached hydrogen (secondary N) is 1. The van der Waals surface area contributed by atoms with Gasteiger partial charge in [0.15, 0.2) is 6.29 Å². The highest BCUT2D eigenvalue weighted by molar-refractivity contribution is 5.89. The van der Waals surface area contributed by atoms with E-state index in [0.717, 1.165) is 18.2 Å². The normalized spacial score (nSPS) is 12.1. The maximum absolute atomic E-state index is 13.3. The third-order valence-corrected chi connectivity index (χ3v) is 2.87. The summed E-state index contributed by atoms with van der Waals surface area (Å²) in [6, 6.07) is 3.26. The molecule has 1 aromatic carbocycles. The van der Waals surface area contributed by atoms with Crippen molar-refractivity contribution < 1.29 is 27.0 Å². The van der Waals surface area contributed by atoms with E-state index < -0.39 is 24.1 Å². The first kappa shape index (κ1) is 16.4. The molecular weight excluding hydrogens is 306 g/mol. The molecule has 0 amide bonds. The first-order valence-electron chi connectivity index (χ1n) is 6.19. The minimum absolute atomic E-state index is 0.0161. The molecule has 0 saturated heterocycles. The molecule has 2 rings (SSSR count). The summed E-state index contributed by atoms with van der Waals surface area (Å²) in [4.78, 5) is 6.84. The Morgan fingerprint density at radius 1 is 1.18 bits per heavy atom. The summed E-state index contributed by atoms with van der Waals surface area (Å²) >= 11 is 0. The van der Waals surface area contributed by atoms with E-state index >= 15 is 0 Å². The van der Waals surface area contributed by atoms with Gasteiger partial charge in [-0.05, 0) is 18.2 Å². The van der Waals surface area contributed by atoms with E-state index in [1.165, 1.54) is 14.2 Å². The van der Waals surface area contributed by atoms with Crippen LogP contribution in [0.5, 0.6) is 0 Å². The Bertz CT molecular complexity index is 660. The molecule has 0 bridgehead atoms. The van der Waals surface area contributed by atoms with Gasteiger partial charge in [-0.15, -0.1) is 0 Å². The first-order valence-corrected chi connectivity index (χ1v) is 6.19. The number of benzene rings is 1. The van der Waals surface area contributed by atoms with Crippen LogP contribution in [0.15, 0.2) is 18.2 Å². The number of hydrogen-bond acceptors (Lipinski definition) is 5. The number of methoxy groups -OCH3 is 2. The lowest BCUT2D eigenvalue weighted by Crippen LogP contribution is -2.24. The van der Waals surface area contributed by atoms with Gasteiger partial charge in [-0.25, -0.2) is 14.4 Å². The van der Waals surface area contributed by atoms with Crippen LogP contribution < -0.4 is 5.32 Å². The van der Waals surface area contributed by atoms with Gasteiger partial charge in [-0.3, -0.25) is 0 Å². The van der Waals surface area contributed by atoms with E-state index in [1.807, 2.05) is 0 Å². The molecule has 0 fully saturated rings. The Balaban J connectivity index is 2.46. The van der Waals surface area contributed by atoms with Crippen LogP contribution in [0, 0.1) is 5.82 Å². The number of rotatable bonds is 5.